The molecule has 1 aromatic rings. The molecule has 0 aliphatic carbocycles. The lowest BCUT2D eigenvalue weighted by molar-refractivity contribution is -0.279. The van der Waals surface area contributed by atoms with Crippen molar-refractivity contribution >= 4 is 89.1 Å². The molecule has 108 heavy (non-hydrogen) atoms. The summed E-state index contributed by atoms with van der Waals surface area (Å²) >= 11 is 0. The number of benzene rings is 1. The molecule has 0 aromatic heterocycles. The van der Waals surface area contributed by atoms with Crippen LogP contribution in [-0.4, -0.2) is 285 Å². The van der Waals surface area contributed by atoms with Crippen molar-refractivity contribution in [3.8, 4) is 0 Å². The predicted molar refractivity (Wildman–Crippen MR) is 369 cm³/mol. The van der Waals surface area contributed by atoms with Crippen molar-refractivity contribution in [3.05, 3.63) is 29.3 Å². The van der Waals surface area contributed by atoms with Gasteiger partial charge in [-0.25, -0.2) is 4.79 Å². The Balaban J connectivity index is 1.29. The SMILES string of the molecule is CC(=O)N[C@H]1C(OCCOCCOCCNC(=O)c2cc(NC(=O)CCCCCCCCC(=O)N3CC(C)(CO)C(C)(COC(=O)OCCC(=O)O)C3)cc(C(=O)NCCOCCOCCOC3O[C@H](COC(C)=O)[C@H](OC(C)=O)[C@H](OC(C)=O)[C@H]3NC(C)=O)c2)O[C@H](COC(C)=O)[C@H](OC(C)=O)[C@@H]1OC(C)=O. The number of aliphatic hydroxyl groups excluding tert-OH is 1. The first kappa shape index (κ1) is 91.6. The van der Waals surface area contributed by atoms with Gasteiger partial charge < -0.3 is 117 Å². The van der Waals surface area contributed by atoms with Crippen LogP contribution in [0.25, 0.3) is 0 Å². The molecule has 38 nitrogen and oxygen atoms in total. The molecular formula is C70H106N6O32. The summed E-state index contributed by atoms with van der Waals surface area (Å²) in [6.45, 7) is 11.6. The number of anilines is 1. The number of nitrogens with zero attached hydrogens (tertiary/aromatic N) is 1. The zero-order chi connectivity index (χ0) is 79.9. The minimum atomic E-state index is -1.31. The Morgan fingerprint density at radius 2 is 0.880 bits per heavy atom. The van der Waals surface area contributed by atoms with Gasteiger partial charge in [0.1, 0.15) is 50.7 Å². The summed E-state index contributed by atoms with van der Waals surface area (Å²) in [5.41, 5.74) is -1.38. The number of esters is 6. The van der Waals surface area contributed by atoms with Crippen LogP contribution in [0.2, 0.25) is 0 Å². The second-order valence-electron chi connectivity index (χ2n) is 26.2. The molecule has 3 heterocycles. The first-order valence-corrected chi connectivity index (χ1v) is 35.5. The summed E-state index contributed by atoms with van der Waals surface area (Å²) in [4.78, 5) is 175. The third kappa shape index (κ3) is 33.4. The lowest BCUT2D eigenvalue weighted by atomic mass is 9.69. The summed E-state index contributed by atoms with van der Waals surface area (Å²) < 4.78 is 88.5. The number of carbonyl (C=O) groups excluding carboxylic acids is 13. The molecule has 4 unspecified atom stereocenters. The van der Waals surface area contributed by atoms with Gasteiger partial charge in [0.2, 0.25) is 23.6 Å². The number of carboxylic acids is 1. The van der Waals surface area contributed by atoms with Gasteiger partial charge in [-0.2, -0.15) is 0 Å². The van der Waals surface area contributed by atoms with Gasteiger partial charge in [0.05, 0.1) is 79.1 Å². The molecule has 3 fully saturated rings. The van der Waals surface area contributed by atoms with Gasteiger partial charge in [0.25, 0.3) is 11.8 Å². The van der Waals surface area contributed by atoms with Crippen molar-refractivity contribution in [1.82, 2.24) is 26.2 Å². The third-order valence-electron chi connectivity index (χ3n) is 17.0. The van der Waals surface area contributed by atoms with Gasteiger partial charge in [0.15, 0.2) is 37.0 Å². The van der Waals surface area contributed by atoms with E-state index < -0.39 is 157 Å². The molecule has 4 rings (SSSR count). The molecule has 0 spiro atoms. The highest BCUT2D eigenvalue weighted by Gasteiger charge is 2.55. The lowest BCUT2D eigenvalue weighted by Crippen LogP contribution is -2.66. The average molecular weight is 1540 g/mol. The minimum Gasteiger partial charge on any atom is -0.481 e. The first-order chi connectivity index (χ1) is 51.2. The van der Waals surface area contributed by atoms with Gasteiger partial charge in [-0.3, -0.25) is 62.3 Å². The van der Waals surface area contributed by atoms with Gasteiger partial charge in [-0.15, -0.1) is 0 Å². The maximum atomic E-state index is 13.7. The zero-order valence-corrected chi connectivity index (χ0v) is 62.9. The third-order valence-corrected chi connectivity index (χ3v) is 17.0. The van der Waals surface area contributed by atoms with Crippen molar-refractivity contribution in [2.75, 3.05) is 131 Å². The van der Waals surface area contributed by atoms with Crippen LogP contribution in [0.5, 0.6) is 0 Å². The van der Waals surface area contributed by atoms with Crippen LogP contribution in [0, 0.1) is 10.8 Å². The summed E-state index contributed by atoms with van der Waals surface area (Å²) in [5, 5.41) is 32.6. The van der Waals surface area contributed by atoms with Crippen LogP contribution in [0.15, 0.2) is 18.2 Å². The maximum absolute atomic E-state index is 13.7. The number of likely N-dealkylation sites (tertiary alicyclic amines) is 1. The Kier molecular flexibility index (Phi) is 40.6. The molecule has 12 atom stereocenters. The normalized spacial score (nSPS) is 22.9. The van der Waals surface area contributed by atoms with Gasteiger partial charge in [-0.05, 0) is 31.0 Å². The number of rotatable bonds is 48. The first-order valence-electron chi connectivity index (χ1n) is 35.5. The summed E-state index contributed by atoms with van der Waals surface area (Å²) in [6, 6.07) is 1.83. The molecule has 38 heteroatoms. The molecule has 1 aromatic carbocycles. The number of carbonyl (C=O) groups is 14. The van der Waals surface area contributed by atoms with Crippen LogP contribution in [0.4, 0.5) is 10.5 Å². The van der Waals surface area contributed by atoms with E-state index in [4.69, 9.17) is 80.9 Å². The largest absolute Gasteiger partial charge is 0.508 e. The number of hydrogen-bond donors (Lipinski definition) is 7. The number of amides is 6. The molecule has 608 valence electrons. The second-order valence-corrected chi connectivity index (χ2v) is 26.2. The Morgan fingerprint density at radius 3 is 1.30 bits per heavy atom. The number of aliphatic hydroxyl groups is 1. The Labute approximate surface area is 625 Å². The fraction of sp³-hybridized carbons (Fsp3) is 0.714. The van der Waals surface area contributed by atoms with Gasteiger partial charge >= 0.3 is 47.9 Å². The highest BCUT2D eigenvalue weighted by atomic mass is 16.7. The highest BCUT2D eigenvalue weighted by Crippen LogP contribution is 2.46. The van der Waals surface area contributed by atoms with E-state index in [1.807, 2.05) is 0 Å². The van der Waals surface area contributed by atoms with E-state index in [-0.39, 0.29) is 160 Å². The van der Waals surface area contributed by atoms with Crippen LogP contribution in [-0.2, 0) is 129 Å². The van der Waals surface area contributed by atoms with Crippen LogP contribution in [0.3, 0.4) is 0 Å². The van der Waals surface area contributed by atoms with Crippen molar-refractivity contribution in [2.24, 2.45) is 10.8 Å². The highest BCUT2D eigenvalue weighted by molar-refractivity contribution is 6.02. The van der Waals surface area contributed by atoms with Crippen LogP contribution in [0.1, 0.15) is 148 Å². The van der Waals surface area contributed by atoms with Crippen molar-refractivity contribution < 1.29 is 153 Å². The maximum Gasteiger partial charge on any atom is 0.508 e. The topological polar surface area (TPSA) is 491 Å². The van der Waals surface area contributed by atoms with E-state index in [2.05, 4.69) is 26.6 Å². The monoisotopic (exact) mass is 1540 g/mol. The van der Waals surface area contributed by atoms with Gasteiger partial charge in [0, 0.05) is 122 Å². The van der Waals surface area contributed by atoms with Gasteiger partial charge in [-0.1, -0.05) is 39.5 Å². The van der Waals surface area contributed by atoms with Crippen molar-refractivity contribution in [2.45, 2.75) is 188 Å². The number of aliphatic carboxylic acids is 1. The Hall–Kier alpha value is -8.76. The minimum absolute atomic E-state index is 0.00457. The van der Waals surface area contributed by atoms with E-state index in [0.717, 1.165) is 60.8 Å². The fourth-order valence-electron chi connectivity index (χ4n) is 11.6. The number of ether oxygens (including phenoxy) is 16. The molecule has 0 bridgehead atoms. The Morgan fingerprint density at radius 1 is 0.472 bits per heavy atom. The molecule has 0 radical (unpaired) electrons. The number of carboxylic acid groups (broad SMARTS) is 1. The van der Waals surface area contributed by atoms with E-state index >= 15 is 0 Å². The van der Waals surface area contributed by atoms with E-state index in [9.17, 15) is 72.2 Å². The summed E-state index contributed by atoms with van der Waals surface area (Å²) in [5.74, 6) is -8.36. The molecule has 0 saturated carbocycles. The van der Waals surface area contributed by atoms with Crippen LogP contribution < -0.4 is 26.6 Å². The zero-order valence-electron chi connectivity index (χ0n) is 62.9. The summed E-state index contributed by atoms with van der Waals surface area (Å²) in [6.07, 6.45) is -7.18. The molecule has 3 saturated heterocycles. The molecule has 3 aliphatic heterocycles. The molecule has 3 aliphatic rings. The number of nitrogens with one attached hydrogen (secondary N) is 5. The standard InChI is InChI=1S/C70H106N6O32/c1-42(78)73-58-62(105-48(7)84)60(103-46(5)82)53(36-100-44(3)80)107-66(58)97-31-29-95-27-25-93-23-20-71-64(90)50-33-51(65(91)72-21-24-94-26-28-96-30-32-98-67-59(74-43(2)79)63(106-49(8)85)61(104-47(6)83)54(108-67)37-101-45(4)81)35-52(34-50)75-55(86)17-15-13-11-12-14-16-18-56(87)76-38-69(9,40-77)70(10,39-76)41-102-68(92)99-22-19-57(88)89/h33-35,53-54,58-63,66-67,77H,11-32,36-41H2,1-10H3,(H,71,90)(H,72,91)(H,73,78)(H,74,79)(H,75,86)(H,88,89)/t53-,54-,58-,59-,60+,61+,62-,63-,66?,67?,69?,70?/m1/s1. The lowest BCUT2D eigenvalue weighted by Gasteiger charge is -2.44. The molecular weight excluding hydrogens is 1440 g/mol. The van der Waals surface area contributed by atoms with E-state index in [1.54, 1.807) is 18.7 Å². The molecule has 6 amide bonds. The second kappa shape index (κ2) is 47.9. The van der Waals surface area contributed by atoms with Crippen molar-refractivity contribution in [3.63, 3.8) is 0 Å². The number of unbranched alkanes of at least 4 members (excludes halogenated alkanes) is 5. The molecule has 7 N–H and O–H groups in total. The Bertz CT molecular complexity index is 3020. The fourth-order valence-corrected chi connectivity index (χ4v) is 11.6. The van der Waals surface area contributed by atoms with Crippen molar-refractivity contribution in [1.29, 1.82) is 0 Å². The predicted octanol–water partition coefficient (Wildman–Crippen LogP) is 1.09. The smallest absolute Gasteiger partial charge is 0.481 e. The number of hydrogen-bond acceptors (Lipinski definition) is 31. The van der Waals surface area contributed by atoms with Crippen LogP contribution >= 0.6 is 0 Å². The summed E-state index contributed by atoms with van der Waals surface area (Å²) in [7, 11) is 0. The van der Waals surface area contributed by atoms with E-state index in [0.29, 0.717) is 19.3 Å². The quantitative estimate of drug-likeness (QED) is 0.0273. The average Bonchev–Trinajstić information content (AvgIpc) is 1.59. The van der Waals surface area contributed by atoms with E-state index in [1.165, 1.54) is 32.0 Å².